The highest BCUT2D eigenvalue weighted by atomic mass is 32.2. The molecule has 34 heavy (non-hydrogen) atoms. The number of likely N-dealkylation sites (tertiary alicyclic amines) is 1. The maximum atomic E-state index is 14.1. The molecular formula is C23H29FN6O3S. The van der Waals surface area contributed by atoms with Crippen molar-refractivity contribution in [3.8, 4) is 5.75 Å². The number of nitrogens with one attached hydrogen (secondary N) is 1. The van der Waals surface area contributed by atoms with Gasteiger partial charge in [-0.2, -0.15) is 0 Å². The second-order valence-corrected chi connectivity index (χ2v) is 9.95. The van der Waals surface area contributed by atoms with E-state index in [1.54, 1.807) is 25.1 Å². The smallest absolute Gasteiger partial charge is 0.236 e. The fourth-order valence-electron chi connectivity index (χ4n) is 4.18. The van der Waals surface area contributed by atoms with Gasteiger partial charge in [0.05, 0.1) is 17.5 Å². The van der Waals surface area contributed by atoms with Gasteiger partial charge in [-0.3, -0.25) is 14.5 Å². The predicted octanol–water partition coefficient (Wildman–Crippen LogP) is 2.35. The van der Waals surface area contributed by atoms with Crippen LogP contribution in [0.2, 0.25) is 0 Å². The number of ether oxygens (including phenoxy) is 1. The van der Waals surface area contributed by atoms with Crippen LogP contribution < -0.4 is 15.8 Å². The first-order valence-electron chi connectivity index (χ1n) is 11.2. The summed E-state index contributed by atoms with van der Waals surface area (Å²) in [5, 5.41) is 3.55. The highest BCUT2D eigenvalue weighted by Crippen LogP contribution is 2.47. The van der Waals surface area contributed by atoms with Gasteiger partial charge in [-0.25, -0.2) is 14.4 Å². The number of hydrogen-bond acceptors (Lipinski definition) is 8. The molecule has 182 valence electrons. The Kier molecular flexibility index (Phi) is 7.22. The number of piperidine rings is 1. The number of amides is 2. The van der Waals surface area contributed by atoms with E-state index in [1.165, 1.54) is 30.2 Å². The van der Waals surface area contributed by atoms with Crippen molar-refractivity contribution in [3.05, 3.63) is 35.9 Å². The van der Waals surface area contributed by atoms with Crippen LogP contribution in [-0.2, 0) is 9.59 Å². The summed E-state index contributed by atoms with van der Waals surface area (Å²) in [6.07, 6.45) is 2.79. The van der Waals surface area contributed by atoms with Gasteiger partial charge < -0.3 is 20.7 Å². The summed E-state index contributed by atoms with van der Waals surface area (Å²) < 4.78 is 20.3. The summed E-state index contributed by atoms with van der Waals surface area (Å²) in [4.78, 5) is 36.1. The molecule has 2 unspecified atom stereocenters. The molecule has 0 spiro atoms. The summed E-state index contributed by atoms with van der Waals surface area (Å²) in [5.74, 6) is 0.0350. The molecular weight excluding hydrogens is 459 g/mol. The number of primary amides is 1. The molecule has 0 radical (unpaired) electrons. The number of nitrogens with zero attached hydrogens (tertiary/aromatic N) is 4. The largest absolute Gasteiger partial charge is 0.488 e. The summed E-state index contributed by atoms with van der Waals surface area (Å²) in [6, 6.07) is 4.33. The van der Waals surface area contributed by atoms with Crippen LogP contribution in [0.15, 0.2) is 29.6 Å². The highest BCUT2D eigenvalue weighted by Gasteiger charge is 2.37. The van der Waals surface area contributed by atoms with Gasteiger partial charge in [0.2, 0.25) is 11.8 Å². The first-order valence-corrected chi connectivity index (χ1v) is 12.1. The third kappa shape index (κ3) is 5.25. The van der Waals surface area contributed by atoms with E-state index in [0.29, 0.717) is 28.8 Å². The molecule has 0 bridgehead atoms. The molecule has 1 saturated heterocycles. The van der Waals surface area contributed by atoms with E-state index < -0.39 is 17.0 Å². The number of hydrogen-bond donors (Lipinski definition) is 2. The summed E-state index contributed by atoms with van der Waals surface area (Å²) in [5.41, 5.74) is 6.94. The Labute approximate surface area is 202 Å². The van der Waals surface area contributed by atoms with E-state index in [0.717, 1.165) is 31.5 Å². The topological polar surface area (TPSA) is 114 Å². The summed E-state index contributed by atoms with van der Waals surface area (Å²) in [7, 11) is 3.49. The Bertz CT molecular complexity index is 1080. The number of thioether (sulfide) groups is 1. The van der Waals surface area contributed by atoms with Crippen LogP contribution in [0.1, 0.15) is 31.2 Å². The first-order chi connectivity index (χ1) is 16.2. The van der Waals surface area contributed by atoms with E-state index in [2.05, 4.69) is 20.2 Å². The molecule has 9 nitrogen and oxygen atoms in total. The molecule has 1 aromatic carbocycles. The van der Waals surface area contributed by atoms with Gasteiger partial charge in [0.25, 0.3) is 0 Å². The van der Waals surface area contributed by atoms with Gasteiger partial charge in [-0.15, -0.1) is 0 Å². The minimum absolute atomic E-state index is 0.0688. The molecule has 3 N–H and O–H groups in total. The van der Waals surface area contributed by atoms with Crippen LogP contribution in [0.5, 0.6) is 5.75 Å². The van der Waals surface area contributed by atoms with Crippen molar-refractivity contribution in [2.45, 2.75) is 42.1 Å². The molecule has 1 fully saturated rings. The molecule has 11 heteroatoms. The van der Waals surface area contributed by atoms with E-state index >= 15 is 0 Å². The van der Waals surface area contributed by atoms with Crippen molar-refractivity contribution < 1.29 is 18.7 Å². The number of fused-ring (bicyclic) bond motifs is 1. The zero-order valence-electron chi connectivity index (χ0n) is 19.5. The van der Waals surface area contributed by atoms with Gasteiger partial charge in [0.15, 0.2) is 0 Å². The number of anilines is 2. The minimum Gasteiger partial charge on any atom is -0.488 e. The lowest BCUT2D eigenvalue weighted by atomic mass is 9.99. The van der Waals surface area contributed by atoms with E-state index in [4.69, 9.17) is 10.5 Å². The monoisotopic (exact) mass is 488 g/mol. The molecule has 2 atom stereocenters. The molecule has 2 amide bonds. The van der Waals surface area contributed by atoms with Gasteiger partial charge in [0.1, 0.15) is 34.8 Å². The predicted molar refractivity (Wildman–Crippen MR) is 128 cm³/mol. The fourth-order valence-corrected chi connectivity index (χ4v) is 5.40. The lowest BCUT2D eigenvalue weighted by molar-refractivity contribution is -0.130. The number of carbonyl (C=O) groups is 2. The second kappa shape index (κ2) is 10.1. The van der Waals surface area contributed by atoms with Crippen LogP contribution in [0.3, 0.4) is 0 Å². The molecule has 0 saturated carbocycles. The molecule has 3 heterocycles. The van der Waals surface area contributed by atoms with Crippen molar-refractivity contribution in [2.24, 2.45) is 5.73 Å². The van der Waals surface area contributed by atoms with Crippen LogP contribution in [0.25, 0.3) is 0 Å². The number of halogens is 1. The molecule has 4 rings (SSSR count). The Morgan fingerprint density at radius 1 is 1.29 bits per heavy atom. The Morgan fingerprint density at radius 3 is 2.71 bits per heavy atom. The van der Waals surface area contributed by atoms with Crippen LogP contribution >= 0.6 is 11.8 Å². The number of rotatable bonds is 7. The van der Waals surface area contributed by atoms with Gasteiger partial charge in [-0.05, 0) is 25.0 Å². The Hall–Kier alpha value is -2.92. The maximum absolute atomic E-state index is 14.1. The quantitative estimate of drug-likeness (QED) is 0.571. The zero-order chi connectivity index (χ0) is 24.4. The lowest BCUT2D eigenvalue weighted by Crippen LogP contribution is -2.43. The molecule has 2 aromatic rings. The van der Waals surface area contributed by atoms with Crippen molar-refractivity contribution in [1.29, 1.82) is 0 Å². The molecule has 2 aliphatic heterocycles. The second-order valence-electron chi connectivity index (χ2n) is 8.82. The summed E-state index contributed by atoms with van der Waals surface area (Å²) >= 11 is 1.33. The van der Waals surface area contributed by atoms with Gasteiger partial charge in [0, 0.05) is 44.7 Å². The molecule has 1 aromatic heterocycles. The number of nitrogens with two attached hydrogens (primary N) is 1. The van der Waals surface area contributed by atoms with Crippen molar-refractivity contribution in [1.82, 2.24) is 19.8 Å². The number of benzene rings is 1. The molecule has 2 aliphatic rings. The first kappa shape index (κ1) is 24.2. The number of aromatic nitrogens is 2. The van der Waals surface area contributed by atoms with Crippen LogP contribution in [0, 0.1) is 5.82 Å². The molecule has 0 aliphatic carbocycles. The average Bonchev–Trinajstić information content (AvgIpc) is 3.14. The SMILES string of the molecule is CC1c2c(Nc3ccc(F)cc3OC3CCN(CC(=O)N(C)C)CC3)ncnc2SC1C(N)=O. The number of likely N-dealkylation sites (N-methyl/N-ethyl adjacent to an activating group) is 1. The maximum Gasteiger partial charge on any atom is 0.236 e. The van der Waals surface area contributed by atoms with Crippen molar-refractivity contribution in [2.75, 3.05) is 39.0 Å². The normalized spacial score (nSPS) is 20.6. The van der Waals surface area contributed by atoms with Gasteiger partial charge in [-0.1, -0.05) is 18.7 Å². The fraction of sp³-hybridized carbons (Fsp3) is 0.478. The van der Waals surface area contributed by atoms with E-state index in [1.807, 2.05) is 6.92 Å². The van der Waals surface area contributed by atoms with Crippen LogP contribution in [0.4, 0.5) is 15.9 Å². The third-order valence-electron chi connectivity index (χ3n) is 6.16. The van der Waals surface area contributed by atoms with Crippen molar-refractivity contribution in [3.63, 3.8) is 0 Å². The van der Waals surface area contributed by atoms with Gasteiger partial charge >= 0.3 is 0 Å². The summed E-state index contributed by atoms with van der Waals surface area (Å²) in [6.45, 7) is 3.75. The standard InChI is InChI=1S/C23H29FN6O3S/c1-13-19-22(26-12-27-23(19)34-20(13)21(25)32)28-16-5-4-14(24)10-17(16)33-15-6-8-30(9-7-15)11-18(31)29(2)3/h4-5,10,12-13,15,20H,6-9,11H2,1-3H3,(H2,25,32)(H,26,27,28). The Balaban J connectivity index is 1.47. The van der Waals surface area contributed by atoms with Crippen molar-refractivity contribution >= 4 is 35.1 Å². The van der Waals surface area contributed by atoms with Crippen LogP contribution in [-0.4, -0.2) is 76.7 Å². The third-order valence-corrected chi connectivity index (χ3v) is 7.60. The van der Waals surface area contributed by atoms with E-state index in [9.17, 15) is 14.0 Å². The lowest BCUT2D eigenvalue weighted by Gasteiger charge is -2.32. The Morgan fingerprint density at radius 2 is 2.03 bits per heavy atom. The number of carbonyl (C=O) groups excluding carboxylic acids is 2. The van der Waals surface area contributed by atoms with E-state index in [-0.39, 0.29) is 17.9 Å². The minimum atomic E-state index is -0.416. The highest BCUT2D eigenvalue weighted by molar-refractivity contribution is 8.01. The zero-order valence-corrected chi connectivity index (χ0v) is 20.3. The average molecular weight is 489 g/mol.